The van der Waals surface area contributed by atoms with Gasteiger partial charge in [-0.2, -0.15) is 0 Å². The molecule has 0 atom stereocenters. The number of carboxylic acid groups (broad SMARTS) is 1. The summed E-state index contributed by atoms with van der Waals surface area (Å²) in [4.78, 5) is 35.0. The van der Waals surface area contributed by atoms with Crippen molar-refractivity contribution in [3.8, 4) is 0 Å². The van der Waals surface area contributed by atoms with Crippen molar-refractivity contribution in [3.05, 3.63) is 23.7 Å². The standard InChI is InChI=1S/C12H16N2O5/c1-7(2)4-14(5-10(13)15)11(16)9-3-8(6-19-9)12(17)18/h3,6-7H,4-5H2,1-2H3,(H2,13,15)(H,17,18). The number of primary amides is 1. The lowest BCUT2D eigenvalue weighted by atomic mass is 10.2. The second kappa shape index (κ2) is 6.03. The molecule has 7 heteroatoms. The van der Waals surface area contributed by atoms with Gasteiger partial charge in [-0.05, 0) is 5.92 Å². The first-order valence-corrected chi connectivity index (χ1v) is 5.70. The lowest BCUT2D eigenvalue weighted by Crippen LogP contribution is -2.40. The van der Waals surface area contributed by atoms with E-state index < -0.39 is 17.8 Å². The van der Waals surface area contributed by atoms with Crippen molar-refractivity contribution >= 4 is 17.8 Å². The summed E-state index contributed by atoms with van der Waals surface area (Å²) in [5, 5.41) is 8.75. The minimum absolute atomic E-state index is 0.119. The molecule has 0 aromatic carbocycles. The number of carboxylic acids is 1. The summed E-state index contributed by atoms with van der Waals surface area (Å²) in [6, 6.07) is 1.12. The Labute approximate surface area is 110 Å². The highest BCUT2D eigenvalue weighted by Crippen LogP contribution is 2.12. The van der Waals surface area contributed by atoms with Crippen molar-refractivity contribution in [1.29, 1.82) is 0 Å². The number of aromatic carboxylic acids is 1. The van der Waals surface area contributed by atoms with Gasteiger partial charge in [-0.3, -0.25) is 9.59 Å². The molecule has 0 aliphatic heterocycles. The molecular weight excluding hydrogens is 252 g/mol. The van der Waals surface area contributed by atoms with Crippen LogP contribution in [0.1, 0.15) is 34.8 Å². The molecule has 0 aliphatic carbocycles. The van der Waals surface area contributed by atoms with Gasteiger partial charge in [0.25, 0.3) is 5.91 Å². The molecule has 0 bridgehead atoms. The molecule has 0 radical (unpaired) electrons. The third-order valence-electron chi connectivity index (χ3n) is 2.28. The van der Waals surface area contributed by atoms with Gasteiger partial charge in [0.1, 0.15) is 6.26 Å². The van der Waals surface area contributed by atoms with Crippen LogP contribution in [0.4, 0.5) is 0 Å². The number of amides is 2. The topological polar surface area (TPSA) is 114 Å². The van der Waals surface area contributed by atoms with Gasteiger partial charge >= 0.3 is 5.97 Å². The van der Waals surface area contributed by atoms with E-state index >= 15 is 0 Å². The molecule has 19 heavy (non-hydrogen) atoms. The highest BCUT2D eigenvalue weighted by Gasteiger charge is 2.22. The summed E-state index contributed by atoms with van der Waals surface area (Å²) in [5.74, 6) is -2.37. The second-order valence-electron chi connectivity index (χ2n) is 4.55. The van der Waals surface area contributed by atoms with E-state index in [1.807, 2.05) is 13.8 Å². The zero-order valence-corrected chi connectivity index (χ0v) is 10.8. The predicted molar refractivity (Wildman–Crippen MR) is 65.6 cm³/mol. The Morgan fingerprint density at radius 1 is 1.42 bits per heavy atom. The number of nitrogens with zero attached hydrogens (tertiary/aromatic N) is 1. The summed E-state index contributed by atoms with van der Waals surface area (Å²) >= 11 is 0. The van der Waals surface area contributed by atoms with Crippen molar-refractivity contribution in [1.82, 2.24) is 4.90 Å². The van der Waals surface area contributed by atoms with E-state index in [4.69, 9.17) is 15.3 Å². The normalized spacial score (nSPS) is 10.5. The molecule has 7 nitrogen and oxygen atoms in total. The molecule has 3 N–H and O–H groups in total. The Morgan fingerprint density at radius 3 is 2.47 bits per heavy atom. The van der Waals surface area contributed by atoms with Gasteiger partial charge < -0.3 is 20.2 Å². The van der Waals surface area contributed by atoms with Crippen LogP contribution in [0.25, 0.3) is 0 Å². The Kier molecular flexibility index (Phi) is 4.68. The highest BCUT2D eigenvalue weighted by molar-refractivity contribution is 5.97. The quantitative estimate of drug-likeness (QED) is 0.782. The summed E-state index contributed by atoms with van der Waals surface area (Å²) in [5.41, 5.74) is 4.96. The van der Waals surface area contributed by atoms with E-state index in [2.05, 4.69) is 0 Å². The summed E-state index contributed by atoms with van der Waals surface area (Å²) in [7, 11) is 0. The van der Waals surface area contributed by atoms with Crippen LogP contribution >= 0.6 is 0 Å². The average molecular weight is 268 g/mol. The van der Waals surface area contributed by atoms with E-state index in [-0.39, 0.29) is 23.8 Å². The lowest BCUT2D eigenvalue weighted by molar-refractivity contribution is -0.118. The molecule has 0 saturated heterocycles. The Balaban J connectivity index is 2.90. The molecule has 2 amide bonds. The van der Waals surface area contributed by atoms with E-state index in [1.165, 1.54) is 4.90 Å². The molecule has 0 aliphatic rings. The van der Waals surface area contributed by atoms with Crippen LogP contribution in [0.2, 0.25) is 0 Å². The largest absolute Gasteiger partial charge is 0.478 e. The molecule has 1 heterocycles. The monoisotopic (exact) mass is 268 g/mol. The van der Waals surface area contributed by atoms with Crippen molar-refractivity contribution in [2.24, 2.45) is 11.7 Å². The number of carbonyl (C=O) groups is 3. The molecule has 1 aromatic heterocycles. The molecular formula is C12H16N2O5. The van der Waals surface area contributed by atoms with Crippen LogP contribution in [-0.2, 0) is 4.79 Å². The van der Waals surface area contributed by atoms with E-state index in [0.29, 0.717) is 6.54 Å². The van der Waals surface area contributed by atoms with Crippen LogP contribution in [0, 0.1) is 5.92 Å². The predicted octanol–water partition coefficient (Wildman–Crippen LogP) is 0.561. The van der Waals surface area contributed by atoms with Crippen molar-refractivity contribution in [3.63, 3.8) is 0 Å². The molecule has 104 valence electrons. The summed E-state index contributed by atoms with van der Waals surface area (Å²) in [6.07, 6.45) is 0.980. The van der Waals surface area contributed by atoms with Crippen molar-refractivity contribution in [2.45, 2.75) is 13.8 Å². The molecule has 0 unspecified atom stereocenters. The first-order valence-electron chi connectivity index (χ1n) is 5.70. The lowest BCUT2D eigenvalue weighted by Gasteiger charge is -2.21. The maximum atomic E-state index is 12.1. The van der Waals surface area contributed by atoms with E-state index in [0.717, 1.165) is 12.3 Å². The SMILES string of the molecule is CC(C)CN(CC(N)=O)C(=O)c1cc(C(=O)O)co1. The van der Waals surface area contributed by atoms with E-state index in [9.17, 15) is 14.4 Å². The van der Waals surface area contributed by atoms with Crippen LogP contribution < -0.4 is 5.73 Å². The third kappa shape index (κ3) is 4.13. The molecule has 1 aromatic rings. The first kappa shape index (κ1) is 14.7. The number of rotatable bonds is 6. The minimum atomic E-state index is -1.19. The fourth-order valence-electron chi connectivity index (χ4n) is 1.56. The van der Waals surface area contributed by atoms with Gasteiger partial charge in [0.2, 0.25) is 5.91 Å². The number of nitrogens with two attached hydrogens (primary N) is 1. The Bertz CT molecular complexity index is 492. The molecule has 0 fully saturated rings. The zero-order valence-electron chi connectivity index (χ0n) is 10.8. The Hall–Kier alpha value is -2.31. The summed E-state index contributed by atoms with van der Waals surface area (Å²) in [6.45, 7) is 3.85. The van der Waals surface area contributed by atoms with Crippen LogP contribution in [0.5, 0.6) is 0 Å². The highest BCUT2D eigenvalue weighted by atomic mass is 16.4. The number of furan rings is 1. The molecule has 0 saturated carbocycles. The van der Waals surface area contributed by atoms with Crippen LogP contribution in [-0.4, -0.2) is 40.9 Å². The van der Waals surface area contributed by atoms with Crippen molar-refractivity contribution in [2.75, 3.05) is 13.1 Å². The van der Waals surface area contributed by atoms with E-state index in [1.54, 1.807) is 0 Å². The van der Waals surface area contributed by atoms with Gasteiger partial charge in [-0.1, -0.05) is 13.8 Å². The zero-order chi connectivity index (χ0) is 14.6. The smallest absolute Gasteiger partial charge is 0.338 e. The fourth-order valence-corrected chi connectivity index (χ4v) is 1.56. The number of hydrogen-bond acceptors (Lipinski definition) is 4. The first-order chi connectivity index (χ1) is 8.81. The van der Waals surface area contributed by atoms with Gasteiger partial charge in [0.15, 0.2) is 5.76 Å². The summed E-state index contributed by atoms with van der Waals surface area (Å²) < 4.78 is 4.91. The molecule has 1 rings (SSSR count). The molecule has 0 spiro atoms. The van der Waals surface area contributed by atoms with Crippen LogP contribution in [0.3, 0.4) is 0 Å². The van der Waals surface area contributed by atoms with Gasteiger partial charge in [-0.15, -0.1) is 0 Å². The maximum Gasteiger partial charge on any atom is 0.338 e. The van der Waals surface area contributed by atoms with Crippen molar-refractivity contribution < 1.29 is 23.9 Å². The van der Waals surface area contributed by atoms with Gasteiger partial charge in [0, 0.05) is 12.6 Å². The third-order valence-corrected chi connectivity index (χ3v) is 2.28. The number of carbonyl (C=O) groups excluding carboxylic acids is 2. The van der Waals surface area contributed by atoms with Crippen LogP contribution in [0.15, 0.2) is 16.7 Å². The number of hydrogen-bond donors (Lipinski definition) is 2. The maximum absolute atomic E-state index is 12.1. The fraction of sp³-hybridized carbons (Fsp3) is 0.417. The minimum Gasteiger partial charge on any atom is -0.478 e. The Morgan fingerprint density at radius 2 is 2.05 bits per heavy atom. The second-order valence-corrected chi connectivity index (χ2v) is 4.55. The average Bonchev–Trinajstić information content (AvgIpc) is 2.75. The van der Waals surface area contributed by atoms with Gasteiger partial charge in [-0.25, -0.2) is 4.79 Å². The van der Waals surface area contributed by atoms with Gasteiger partial charge in [0.05, 0.1) is 12.1 Å².